The van der Waals surface area contributed by atoms with Crippen molar-refractivity contribution in [3.05, 3.63) is 65.5 Å². The van der Waals surface area contributed by atoms with Gasteiger partial charge in [-0.15, -0.1) is 0 Å². The SMILES string of the molecule is CC(=O)OC[C@@]12[C@@H](OC(C)=O)[C@H](OC(C)=O)[C@H]3OC(=O)[C@H](C)[C@@H](C)c4ncccc4C(=O)OC[C@@]4(C)O[C@]1([C@@H](OC(C)=O)[C@@H]4[C@H](OC(=O)c1ccccc1)[C@@H]2OC(C)=O)[C@@]3(C)O. The number of aromatic nitrogens is 1. The monoisotopic (exact) mass is 867 g/mol. The molecule has 2 aliphatic carbocycles. The quantitative estimate of drug-likeness (QED) is 0.295. The Hall–Kier alpha value is -5.95. The molecule has 2 aromatic rings. The number of pyridine rings is 1. The minimum atomic E-state index is -2.85. The molecule has 0 unspecified atom stereocenters. The topological polar surface area (TPSA) is 253 Å². The fourth-order valence-corrected chi connectivity index (χ4v) is 9.82. The van der Waals surface area contributed by atoms with E-state index in [0.717, 1.165) is 41.5 Å². The molecule has 334 valence electrons. The van der Waals surface area contributed by atoms with Crippen LogP contribution in [-0.2, 0) is 71.4 Å². The maximum Gasteiger partial charge on any atom is 0.340 e. The number of carbonyl (C=O) groups is 8. The Kier molecular flexibility index (Phi) is 12.3. The van der Waals surface area contributed by atoms with E-state index in [4.69, 9.17) is 42.6 Å². The van der Waals surface area contributed by atoms with Gasteiger partial charge in [-0.25, -0.2) is 9.59 Å². The van der Waals surface area contributed by atoms with Crippen molar-refractivity contribution in [2.45, 2.75) is 122 Å². The normalized spacial score (nSPS) is 36.0. The minimum Gasteiger partial charge on any atom is -0.465 e. The number of cyclic esters (lactones) is 1. The molecule has 4 bridgehead atoms. The van der Waals surface area contributed by atoms with Gasteiger partial charge in [0.1, 0.15) is 42.0 Å². The molecule has 0 radical (unpaired) electrons. The molecule has 1 spiro atoms. The standard InChI is InChI=1S/C43H49NO18/c1-20-21(2)37(50)61-34-32(56-23(4)46)36(59-26(7)49)42(19-54-22(3)45)35(58-25(6)48)31(60-38(51)27-14-11-10-12-15-27)29-33(57-24(5)47)43(42,41(34,9)53)62-40(29,8)18-55-39(52)28-16-13-17-44-30(20)28/h10-17,20-21,29,31-36,53H,18-19H2,1-9H3/t20-,21-,29+,31+,32-,33+,34-,35+,36+,40-,41+,42-,43-/m1/s1. The van der Waals surface area contributed by atoms with Crippen molar-refractivity contribution < 1.29 is 86.1 Å². The first-order chi connectivity index (χ1) is 29.0. The number of hydrogen-bond donors (Lipinski definition) is 1. The third-order valence-electron chi connectivity index (χ3n) is 12.4. The summed E-state index contributed by atoms with van der Waals surface area (Å²) in [4.78, 5) is 114. The van der Waals surface area contributed by atoms with E-state index in [2.05, 4.69) is 4.98 Å². The zero-order valence-corrected chi connectivity index (χ0v) is 35.6. The van der Waals surface area contributed by atoms with Crippen LogP contribution in [0.3, 0.4) is 0 Å². The summed E-state index contributed by atoms with van der Waals surface area (Å²) in [7, 11) is 0. The summed E-state index contributed by atoms with van der Waals surface area (Å²) in [6.07, 6.45) is -10.8. The molecule has 3 fully saturated rings. The van der Waals surface area contributed by atoms with E-state index < -0.39 is 138 Å². The predicted octanol–water partition coefficient (Wildman–Crippen LogP) is 2.33. The Labute approximate surface area is 355 Å². The van der Waals surface area contributed by atoms with Gasteiger partial charge >= 0.3 is 47.8 Å². The van der Waals surface area contributed by atoms with E-state index in [1.54, 1.807) is 25.1 Å². The fourth-order valence-electron chi connectivity index (χ4n) is 9.82. The molecular formula is C43H49NO18. The highest BCUT2D eigenvalue weighted by atomic mass is 16.7. The van der Waals surface area contributed by atoms with Crippen LogP contribution in [0.4, 0.5) is 0 Å². The molecule has 2 aliphatic heterocycles. The van der Waals surface area contributed by atoms with E-state index in [9.17, 15) is 43.5 Å². The van der Waals surface area contributed by atoms with E-state index in [0.29, 0.717) is 0 Å². The van der Waals surface area contributed by atoms with E-state index in [1.165, 1.54) is 44.3 Å². The highest BCUT2D eigenvalue weighted by molar-refractivity contribution is 5.91. The summed E-state index contributed by atoms with van der Waals surface area (Å²) in [6, 6.07) is 10.4. The molecule has 19 heteroatoms. The second-order valence-corrected chi connectivity index (χ2v) is 16.5. The van der Waals surface area contributed by atoms with Crippen LogP contribution in [0.5, 0.6) is 0 Å². The lowest BCUT2D eigenvalue weighted by atomic mass is 9.45. The molecule has 1 N–H and O–H groups in total. The average Bonchev–Trinajstić information content (AvgIpc) is 3.42. The van der Waals surface area contributed by atoms with Crippen molar-refractivity contribution in [1.82, 2.24) is 4.98 Å². The van der Waals surface area contributed by atoms with Crippen molar-refractivity contribution in [3.8, 4) is 0 Å². The zero-order valence-electron chi connectivity index (χ0n) is 35.6. The van der Waals surface area contributed by atoms with Crippen LogP contribution < -0.4 is 0 Å². The van der Waals surface area contributed by atoms with Crippen LogP contribution in [-0.4, -0.2) is 124 Å². The number of nitrogens with zero attached hydrogens (tertiary/aromatic N) is 1. The maximum absolute atomic E-state index is 14.5. The van der Waals surface area contributed by atoms with Crippen LogP contribution in [0.25, 0.3) is 0 Å². The van der Waals surface area contributed by atoms with Crippen LogP contribution in [0.15, 0.2) is 48.7 Å². The third kappa shape index (κ3) is 7.43. The molecule has 6 rings (SSSR count). The summed E-state index contributed by atoms with van der Waals surface area (Å²) in [5, 5.41) is 13.6. The highest BCUT2D eigenvalue weighted by Gasteiger charge is 2.92. The summed E-state index contributed by atoms with van der Waals surface area (Å²) in [5.74, 6) is -11.9. The highest BCUT2D eigenvalue weighted by Crippen LogP contribution is 2.70. The molecule has 4 aliphatic rings. The van der Waals surface area contributed by atoms with Crippen molar-refractivity contribution in [2.75, 3.05) is 13.2 Å². The number of benzene rings is 1. The van der Waals surface area contributed by atoms with E-state index in [1.807, 2.05) is 0 Å². The number of carbonyl (C=O) groups excluding carboxylic acids is 8. The first-order valence-electron chi connectivity index (χ1n) is 19.9. The molecule has 19 nitrogen and oxygen atoms in total. The van der Waals surface area contributed by atoms with Gasteiger partial charge in [0.05, 0.1) is 28.7 Å². The predicted molar refractivity (Wildman–Crippen MR) is 205 cm³/mol. The first-order valence-corrected chi connectivity index (χ1v) is 19.9. The molecule has 2 saturated carbocycles. The van der Waals surface area contributed by atoms with Gasteiger partial charge in [0.25, 0.3) is 0 Å². The lowest BCUT2D eigenvalue weighted by Gasteiger charge is -2.67. The van der Waals surface area contributed by atoms with Crippen molar-refractivity contribution in [3.63, 3.8) is 0 Å². The van der Waals surface area contributed by atoms with E-state index >= 15 is 0 Å². The van der Waals surface area contributed by atoms with Crippen LogP contribution in [0.2, 0.25) is 0 Å². The largest absolute Gasteiger partial charge is 0.465 e. The fraction of sp³-hybridized carbons (Fsp3) is 0.558. The number of esters is 8. The van der Waals surface area contributed by atoms with Gasteiger partial charge in [-0.05, 0) is 38.1 Å². The first kappa shape index (κ1) is 45.6. The summed E-state index contributed by atoms with van der Waals surface area (Å²) in [6.45, 7) is 8.64. The number of ether oxygens (including phenoxy) is 9. The van der Waals surface area contributed by atoms with Crippen LogP contribution in [0, 0.1) is 17.3 Å². The van der Waals surface area contributed by atoms with Crippen LogP contribution >= 0.6 is 0 Å². The number of hydrogen-bond acceptors (Lipinski definition) is 19. The Morgan fingerprint density at radius 1 is 0.742 bits per heavy atom. The summed E-state index contributed by atoms with van der Waals surface area (Å²) >= 11 is 0. The van der Waals surface area contributed by atoms with Gasteiger partial charge in [0, 0.05) is 46.7 Å². The van der Waals surface area contributed by atoms with Crippen molar-refractivity contribution >= 4 is 47.8 Å². The third-order valence-corrected chi connectivity index (χ3v) is 12.4. The minimum absolute atomic E-state index is 0.0151. The molecule has 13 atom stereocenters. The number of aliphatic hydroxyl groups is 1. The number of fused-ring (bicyclic) bond motifs is 5. The van der Waals surface area contributed by atoms with Gasteiger partial charge in [0.2, 0.25) is 0 Å². The molecule has 1 saturated heterocycles. The van der Waals surface area contributed by atoms with Gasteiger partial charge < -0.3 is 47.7 Å². The Morgan fingerprint density at radius 2 is 1.32 bits per heavy atom. The molecule has 1 aromatic carbocycles. The van der Waals surface area contributed by atoms with Crippen LogP contribution in [0.1, 0.15) is 94.6 Å². The lowest BCUT2D eigenvalue weighted by Crippen LogP contribution is -2.89. The lowest BCUT2D eigenvalue weighted by molar-refractivity contribution is -0.386. The van der Waals surface area contributed by atoms with Crippen molar-refractivity contribution in [2.24, 2.45) is 17.3 Å². The van der Waals surface area contributed by atoms with E-state index in [-0.39, 0.29) is 16.8 Å². The maximum atomic E-state index is 14.5. The van der Waals surface area contributed by atoms with Gasteiger partial charge in [0.15, 0.2) is 30.0 Å². The average molecular weight is 868 g/mol. The molecular weight excluding hydrogens is 818 g/mol. The summed E-state index contributed by atoms with van der Waals surface area (Å²) < 4.78 is 55.4. The van der Waals surface area contributed by atoms with Gasteiger partial charge in [-0.1, -0.05) is 32.0 Å². The Balaban J connectivity index is 1.80. The summed E-state index contributed by atoms with van der Waals surface area (Å²) in [5.41, 5.74) is -10.3. The number of rotatable bonds is 8. The molecule has 3 heterocycles. The Morgan fingerprint density at radius 3 is 1.90 bits per heavy atom. The smallest absolute Gasteiger partial charge is 0.340 e. The zero-order chi connectivity index (χ0) is 45.7. The van der Waals surface area contributed by atoms with Gasteiger partial charge in [-0.2, -0.15) is 0 Å². The molecule has 62 heavy (non-hydrogen) atoms. The molecule has 1 aromatic heterocycles. The second-order valence-electron chi connectivity index (χ2n) is 16.5. The van der Waals surface area contributed by atoms with Crippen molar-refractivity contribution in [1.29, 1.82) is 0 Å². The second kappa shape index (κ2) is 16.7. The van der Waals surface area contributed by atoms with Gasteiger partial charge in [-0.3, -0.25) is 33.8 Å². The molecule has 0 amide bonds. The Bertz CT molecular complexity index is 2160.